The number of carbonyl (C=O) groups is 2. The van der Waals surface area contributed by atoms with Gasteiger partial charge in [-0.25, -0.2) is 19.7 Å². The van der Waals surface area contributed by atoms with Crippen LogP contribution in [0.2, 0.25) is 0 Å². The first-order valence-corrected chi connectivity index (χ1v) is 15.1. The number of β-amino-alcohol motifs (C(OH)–C–C–N with tert-alkyl or cyclic N) is 1. The van der Waals surface area contributed by atoms with E-state index in [1.807, 2.05) is 4.90 Å². The fourth-order valence-corrected chi connectivity index (χ4v) is 6.46. The average Bonchev–Trinajstić information content (AvgIpc) is 3.61. The number of alkyl halides is 3. The summed E-state index contributed by atoms with van der Waals surface area (Å²) in [5.41, 5.74) is -0.0477. The first kappa shape index (κ1) is 30.6. The van der Waals surface area contributed by atoms with Crippen LogP contribution in [-0.4, -0.2) is 87.7 Å². The van der Waals surface area contributed by atoms with Gasteiger partial charge in [-0.05, 0) is 30.7 Å². The Morgan fingerprint density at radius 3 is 2.58 bits per heavy atom. The molecule has 0 spiro atoms. The lowest BCUT2D eigenvalue weighted by molar-refractivity contribution is -0.138. The zero-order chi connectivity index (χ0) is 30.6. The number of anilines is 3. The van der Waals surface area contributed by atoms with Crippen LogP contribution in [0.15, 0.2) is 36.8 Å². The number of aliphatic hydroxyl groups is 1. The number of amides is 3. The smallest absolute Gasteiger partial charge is 0.395 e. The molecule has 0 unspecified atom stereocenters. The maximum absolute atomic E-state index is 13.2. The molecule has 3 amide bonds. The number of thiophene rings is 1. The Morgan fingerprint density at radius 1 is 1.05 bits per heavy atom. The van der Waals surface area contributed by atoms with Crippen LogP contribution in [0, 0.1) is 6.92 Å². The van der Waals surface area contributed by atoms with Crippen LogP contribution in [0.1, 0.15) is 25.7 Å². The van der Waals surface area contributed by atoms with E-state index in [0.717, 1.165) is 28.7 Å². The third-order valence-corrected chi connectivity index (χ3v) is 8.93. The van der Waals surface area contributed by atoms with Crippen molar-refractivity contribution >= 4 is 61.5 Å². The van der Waals surface area contributed by atoms with Crippen molar-refractivity contribution in [1.82, 2.24) is 24.8 Å². The lowest BCUT2D eigenvalue weighted by Crippen LogP contribution is -2.49. The Bertz CT molecular complexity index is 1600. The molecule has 0 aliphatic carbocycles. The molecule has 0 atom stereocenters. The van der Waals surface area contributed by atoms with Gasteiger partial charge in [-0.15, -0.1) is 22.7 Å². The number of aromatic nitrogens is 3. The van der Waals surface area contributed by atoms with Gasteiger partial charge in [-0.1, -0.05) is 6.07 Å². The number of fused-ring (bicyclic) bond motifs is 1. The molecule has 4 N–H and O–H groups in total. The standard InChI is InChI=1S/C27H29F3N8O3S2/c1-16-2-3-17(12-19(16)27(28,29)30)35-25(41)36-26-32-14-18(42-26)4-5-31-23-22-20(33-15-34-23)13-21(43-22)24(40)38-8-6-37(7-9-38)10-11-39/h2-3,12-15,39H,4-11H2,1H3,(H,31,33,34)(H2,32,35,36,41). The van der Waals surface area contributed by atoms with E-state index in [4.69, 9.17) is 5.11 Å². The van der Waals surface area contributed by atoms with Gasteiger partial charge in [0.2, 0.25) is 0 Å². The van der Waals surface area contributed by atoms with E-state index >= 15 is 0 Å². The largest absolute Gasteiger partial charge is 0.416 e. The predicted octanol–water partition coefficient (Wildman–Crippen LogP) is 4.52. The molecule has 11 nitrogen and oxygen atoms in total. The molecule has 4 aromatic rings. The van der Waals surface area contributed by atoms with Crippen molar-refractivity contribution in [3.63, 3.8) is 0 Å². The first-order chi connectivity index (χ1) is 20.6. The molecule has 1 fully saturated rings. The molecule has 5 rings (SSSR count). The number of rotatable bonds is 9. The number of urea groups is 1. The van der Waals surface area contributed by atoms with Gasteiger partial charge in [-0.3, -0.25) is 15.0 Å². The van der Waals surface area contributed by atoms with Crippen molar-refractivity contribution in [2.45, 2.75) is 19.5 Å². The molecule has 43 heavy (non-hydrogen) atoms. The highest BCUT2D eigenvalue weighted by Crippen LogP contribution is 2.34. The van der Waals surface area contributed by atoms with E-state index in [0.29, 0.717) is 53.9 Å². The van der Waals surface area contributed by atoms with Crippen LogP contribution in [-0.2, 0) is 12.6 Å². The van der Waals surface area contributed by atoms with Gasteiger partial charge in [-0.2, -0.15) is 13.2 Å². The van der Waals surface area contributed by atoms with E-state index in [-0.39, 0.29) is 23.8 Å². The second kappa shape index (κ2) is 13.2. The van der Waals surface area contributed by atoms with Crippen molar-refractivity contribution in [3.05, 3.63) is 57.7 Å². The maximum Gasteiger partial charge on any atom is 0.416 e. The summed E-state index contributed by atoms with van der Waals surface area (Å²) >= 11 is 2.59. The van der Waals surface area contributed by atoms with Crippen LogP contribution in [0.3, 0.4) is 0 Å². The van der Waals surface area contributed by atoms with Gasteiger partial charge in [0.15, 0.2) is 5.13 Å². The number of nitrogens with one attached hydrogen (secondary N) is 3. The fourth-order valence-electron chi connectivity index (χ4n) is 4.61. The Kier molecular flexibility index (Phi) is 9.39. The number of aryl methyl sites for hydroxylation is 1. The number of thiazole rings is 1. The monoisotopic (exact) mass is 634 g/mol. The van der Waals surface area contributed by atoms with Gasteiger partial charge < -0.3 is 20.6 Å². The lowest BCUT2D eigenvalue weighted by Gasteiger charge is -2.34. The Labute approximate surface area is 252 Å². The van der Waals surface area contributed by atoms with Crippen molar-refractivity contribution in [3.8, 4) is 0 Å². The van der Waals surface area contributed by atoms with Gasteiger partial charge >= 0.3 is 12.2 Å². The number of hydrogen-bond acceptors (Lipinski definition) is 10. The molecule has 4 heterocycles. The van der Waals surface area contributed by atoms with E-state index in [1.54, 1.807) is 12.3 Å². The van der Waals surface area contributed by atoms with Crippen LogP contribution >= 0.6 is 22.7 Å². The lowest BCUT2D eigenvalue weighted by atomic mass is 10.1. The molecular formula is C27H29F3N8O3S2. The van der Waals surface area contributed by atoms with Crippen molar-refractivity contribution in [2.24, 2.45) is 0 Å². The summed E-state index contributed by atoms with van der Waals surface area (Å²) in [4.78, 5) is 43.7. The van der Waals surface area contributed by atoms with Gasteiger partial charge in [0.25, 0.3) is 5.91 Å². The van der Waals surface area contributed by atoms with Crippen LogP contribution < -0.4 is 16.0 Å². The Balaban J connectivity index is 1.14. The van der Waals surface area contributed by atoms with Crippen LogP contribution in [0.4, 0.5) is 34.6 Å². The van der Waals surface area contributed by atoms with E-state index in [1.165, 1.54) is 48.1 Å². The highest BCUT2D eigenvalue weighted by atomic mass is 32.1. The van der Waals surface area contributed by atoms with E-state index < -0.39 is 17.8 Å². The van der Waals surface area contributed by atoms with Crippen LogP contribution in [0.5, 0.6) is 0 Å². The highest BCUT2D eigenvalue weighted by molar-refractivity contribution is 7.21. The van der Waals surface area contributed by atoms with Gasteiger partial charge in [0.1, 0.15) is 12.1 Å². The van der Waals surface area contributed by atoms with E-state index in [2.05, 4.69) is 35.8 Å². The zero-order valence-electron chi connectivity index (χ0n) is 23.1. The second-order valence-corrected chi connectivity index (χ2v) is 12.0. The predicted molar refractivity (Wildman–Crippen MR) is 160 cm³/mol. The fraction of sp³-hybridized carbons (Fsp3) is 0.370. The number of nitrogens with zero attached hydrogens (tertiary/aromatic N) is 5. The number of benzene rings is 1. The van der Waals surface area contributed by atoms with Crippen molar-refractivity contribution < 1.29 is 27.9 Å². The molecule has 3 aromatic heterocycles. The average molecular weight is 635 g/mol. The third-order valence-electron chi connectivity index (χ3n) is 6.84. The molecule has 228 valence electrons. The maximum atomic E-state index is 13.2. The van der Waals surface area contributed by atoms with E-state index in [9.17, 15) is 22.8 Å². The highest BCUT2D eigenvalue weighted by Gasteiger charge is 2.32. The first-order valence-electron chi connectivity index (χ1n) is 13.4. The summed E-state index contributed by atoms with van der Waals surface area (Å²) < 4.78 is 40.3. The minimum absolute atomic E-state index is 0.0200. The molecule has 16 heteroatoms. The second-order valence-electron chi connectivity index (χ2n) is 9.82. The topological polar surface area (TPSA) is 136 Å². The number of aliphatic hydroxyl groups excluding tert-OH is 1. The minimum Gasteiger partial charge on any atom is -0.395 e. The molecule has 0 saturated carbocycles. The summed E-state index contributed by atoms with van der Waals surface area (Å²) in [6.45, 7) is 5.20. The molecule has 1 saturated heterocycles. The molecule has 1 aromatic carbocycles. The summed E-state index contributed by atoms with van der Waals surface area (Å²) in [6.07, 6.45) is -0.894. The molecule has 0 radical (unpaired) electrons. The van der Waals surface area contributed by atoms with Crippen molar-refractivity contribution in [1.29, 1.82) is 0 Å². The number of halogens is 3. The molecule has 0 bridgehead atoms. The third kappa shape index (κ3) is 7.57. The number of piperazine rings is 1. The number of hydrogen-bond donors (Lipinski definition) is 4. The number of carbonyl (C=O) groups excluding carboxylic acids is 2. The normalized spacial score (nSPS) is 14.2. The SMILES string of the molecule is Cc1ccc(NC(=O)Nc2ncc(CCNc3ncnc4cc(C(=O)N5CCN(CCO)CC5)sc34)s2)cc1C(F)(F)F. The summed E-state index contributed by atoms with van der Waals surface area (Å²) in [7, 11) is 0. The van der Waals surface area contributed by atoms with Gasteiger partial charge in [0, 0.05) is 62.5 Å². The van der Waals surface area contributed by atoms with Gasteiger partial charge in [0.05, 0.1) is 27.3 Å². The van der Waals surface area contributed by atoms with Crippen molar-refractivity contribution in [2.75, 3.05) is 61.8 Å². The molecular weight excluding hydrogens is 605 g/mol. The summed E-state index contributed by atoms with van der Waals surface area (Å²) in [5.74, 6) is 0.565. The zero-order valence-corrected chi connectivity index (χ0v) is 24.7. The Morgan fingerprint density at radius 2 is 1.84 bits per heavy atom. The minimum atomic E-state index is -4.52. The summed E-state index contributed by atoms with van der Waals surface area (Å²) in [6, 6.07) is 4.68. The Hall–Kier alpha value is -3.86. The van der Waals surface area contributed by atoms with Crippen LogP contribution in [0.25, 0.3) is 10.2 Å². The molecule has 1 aliphatic rings. The molecule has 1 aliphatic heterocycles. The quantitative estimate of drug-likeness (QED) is 0.211. The summed E-state index contributed by atoms with van der Waals surface area (Å²) in [5, 5.41) is 17.7.